The summed E-state index contributed by atoms with van der Waals surface area (Å²) < 4.78 is 5.53. The number of hydrogen-bond donors (Lipinski definition) is 2. The van der Waals surface area contributed by atoms with Crippen LogP contribution in [-0.2, 0) is 16.7 Å². The van der Waals surface area contributed by atoms with Crippen molar-refractivity contribution in [2.45, 2.75) is 65.0 Å². The number of nitrogens with one attached hydrogen (secondary N) is 1. The van der Waals surface area contributed by atoms with Crippen LogP contribution in [0.4, 0.5) is 10.5 Å². The van der Waals surface area contributed by atoms with Gasteiger partial charge in [-0.1, -0.05) is 44.5 Å². The molecule has 2 aliphatic rings. The molecule has 0 radical (unpaired) electrons. The van der Waals surface area contributed by atoms with E-state index in [0.717, 1.165) is 42.4 Å². The molecule has 6 nitrogen and oxygen atoms in total. The second-order valence-electron chi connectivity index (χ2n) is 11.3. The molecule has 0 bridgehead atoms. The Morgan fingerprint density at radius 3 is 2.42 bits per heavy atom. The number of carboxylic acids is 1. The van der Waals surface area contributed by atoms with Crippen LogP contribution in [-0.4, -0.2) is 30.3 Å². The predicted molar refractivity (Wildman–Crippen MR) is 143 cm³/mol. The number of halogens is 1. The molecule has 0 saturated heterocycles. The molecular formula is C29H35ClN2O4. The predicted octanol–water partition coefficient (Wildman–Crippen LogP) is 6.77. The molecule has 1 saturated carbocycles. The number of methoxy groups -OCH3 is 1. The minimum atomic E-state index is -1.00. The quantitative estimate of drug-likeness (QED) is 0.430. The Kier molecular flexibility index (Phi) is 7.22. The van der Waals surface area contributed by atoms with Gasteiger partial charge in [0.25, 0.3) is 0 Å². The zero-order valence-corrected chi connectivity index (χ0v) is 22.4. The summed E-state index contributed by atoms with van der Waals surface area (Å²) in [5.41, 5.74) is 3.39. The zero-order valence-electron chi connectivity index (χ0n) is 21.6. The first kappa shape index (κ1) is 26.2. The van der Waals surface area contributed by atoms with E-state index >= 15 is 0 Å². The van der Waals surface area contributed by atoms with E-state index in [4.69, 9.17) is 16.3 Å². The lowest BCUT2D eigenvalue weighted by molar-refractivity contribution is 0.00836. The van der Waals surface area contributed by atoms with Gasteiger partial charge < -0.3 is 15.2 Å². The molecule has 7 heteroatoms. The number of ether oxygens (including phenoxy) is 1. The Bertz CT molecular complexity index is 1180. The monoisotopic (exact) mass is 510 g/mol. The summed E-state index contributed by atoms with van der Waals surface area (Å²) in [5.74, 6) is -0.767. The molecule has 1 atom stereocenters. The van der Waals surface area contributed by atoms with E-state index in [2.05, 4.69) is 38.2 Å². The van der Waals surface area contributed by atoms with Crippen LogP contribution in [0.25, 0.3) is 0 Å². The van der Waals surface area contributed by atoms with Gasteiger partial charge in [0.1, 0.15) is 0 Å². The van der Waals surface area contributed by atoms with Crippen molar-refractivity contribution in [3.8, 4) is 0 Å². The summed E-state index contributed by atoms with van der Waals surface area (Å²) in [6, 6.07) is 12.2. The molecular weight excluding hydrogens is 476 g/mol. The molecule has 36 heavy (non-hydrogen) atoms. The van der Waals surface area contributed by atoms with Crippen molar-refractivity contribution in [3.05, 3.63) is 76.0 Å². The van der Waals surface area contributed by atoms with E-state index in [1.54, 1.807) is 24.1 Å². The third-order valence-corrected chi connectivity index (χ3v) is 7.81. The number of anilines is 1. The van der Waals surface area contributed by atoms with Gasteiger partial charge in [-0.15, -0.1) is 0 Å². The summed E-state index contributed by atoms with van der Waals surface area (Å²) in [5, 5.41) is 13.2. The van der Waals surface area contributed by atoms with Gasteiger partial charge in [-0.3, -0.25) is 4.90 Å². The molecule has 0 aromatic heterocycles. The van der Waals surface area contributed by atoms with Crippen LogP contribution in [0.15, 0.2) is 54.2 Å². The van der Waals surface area contributed by atoms with E-state index < -0.39 is 11.5 Å². The number of rotatable bonds is 7. The fourth-order valence-electron chi connectivity index (χ4n) is 4.96. The number of carbonyl (C=O) groups excluding carboxylic acids is 1. The molecule has 1 aliphatic carbocycles. The second-order valence-corrected chi connectivity index (χ2v) is 11.7. The lowest BCUT2D eigenvalue weighted by atomic mass is 9.68. The van der Waals surface area contributed by atoms with E-state index in [0.29, 0.717) is 10.7 Å². The van der Waals surface area contributed by atoms with Gasteiger partial charge in [0.05, 0.1) is 22.9 Å². The molecule has 1 heterocycles. The topological polar surface area (TPSA) is 78.9 Å². The molecule has 0 spiro atoms. The molecule has 2 amide bonds. The summed E-state index contributed by atoms with van der Waals surface area (Å²) in [4.78, 5) is 26.2. The summed E-state index contributed by atoms with van der Waals surface area (Å²) in [6.45, 7) is 8.69. The van der Waals surface area contributed by atoms with Crippen LogP contribution in [0.3, 0.4) is 0 Å². The van der Waals surface area contributed by atoms with E-state index in [-0.39, 0.29) is 29.0 Å². The Morgan fingerprint density at radius 1 is 1.19 bits per heavy atom. The maximum absolute atomic E-state index is 13.4. The summed E-state index contributed by atoms with van der Waals surface area (Å²) in [7, 11) is 1.73. The molecule has 1 aliphatic heterocycles. The van der Waals surface area contributed by atoms with Crippen LogP contribution < -0.4 is 10.2 Å². The van der Waals surface area contributed by atoms with Gasteiger partial charge >= 0.3 is 12.0 Å². The molecule has 192 valence electrons. The van der Waals surface area contributed by atoms with Crippen molar-refractivity contribution in [2.75, 3.05) is 12.0 Å². The van der Waals surface area contributed by atoms with Crippen molar-refractivity contribution in [2.24, 2.45) is 11.3 Å². The Labute approximate surface area is 218 Å². The summed E-state index contributed by atoms with van der Waals surface area (Å²) in [6.07, 6.45) is 5.78. The lowest BCUT2D eigenvalue weighted by Gasteiger charge is -2.47. The van der Waals surface area contributed by atoms with Crippen LogP contribution in [0.5, 0.6) is 0 Å². The maximum Gasteiger partial charge on any atom is 0.335 e. The summed E-state index contributed by atoms with van der Waals surface area (Å²) >= 11 is 6.75. The van der Waals surface area contributed by atoms with E-state index in [1.807, 2.05) is 19.2 Å². The highest BCUT2D eigenvalue weighted by molar-refractivity contribution is 6.31. The lowest BCUT2D eigenvalue weighted by Crippen LogP contribution is -2.56. The third-order valence-electron chi connectivity index (χ3n) is 7.46. The highest BCUT2D eigenvalue weighted by atomic mass is 35.5. The van der Waals surface area contributed by atoms with Gasteiger partial charge in [0.15, 0.2) is 0 Å². The largest absolute Gasteiger partial charge is 0.478 e. The van der Waals surface area contributed by atoms with Gasteiger partial charge in [0.2, 0.25) is 0 Å². The highest BCUT2D eigenvalue weighted by Gasteiger charge is 2.46. The van der Waals surface area contributed by atoms with Gasteiger partial charge in [-0.25, -0.2) is 9.59 Å². The minimum Gasteiger partial charge on any atom is -0.478 e. The highest BCUT2D eigenvalue weighted by Crippen LogP contribution is 2.46. The first-order valence-corrected chi connectivity index (χ1v) is 12.8. The van der Waals surface area contributed by atoms with Crippen LogP contribution in [0.1, 0.15) is 68.4 Å². The van der Waals surface area contributed by atoms with Crippen molar-refractivity contribution >= 4 is 29.3 Å². The van der Waals surface area contributed by atoms with Crippen LogP contribution in [0.2, 0.25) is 5.02 Å². The maximum atomic E-state index is 13.4. The number of benzene rings is 2. The Balaban J connectivity index is 1.70. The van der Waals surface area contributed by atoms with Crippen LogP contribution in [0, 0.1) is 11.3 Å². The number of aryl methyl sites for hydroxylation is 1. The average molecular weight is 511 g/mol. The van der Waals surface area contributed by atoms with Gasteiger partial charge in [-0.05, 0) is 91.0 Å². The van der Waals surface area contributed by atoms with Crippen molar-refractivity contribution in [1.29, 1.82) is 0 Å². The number of aromatic carboxylic acids is 1. The molecule has 2 aromatic carbocycles. The van der Waals surface area contributed by atoms with Crippen LogP contribution >= 0.6 is 11.6 Å². The number of nitrogens with zero attached hydrogens (tertiary/aromatic N) is 1. The molecule has 2 N–H and O–H groups in total. The number of amides is 2. The van der Waals surface area contributed by atoms with E-state index in [1.165, 1.54) is 12.1 Å². The fraction of sp³-hybridized carbons (Fsp3) is 0.448. The van der Waals surface area contributed by atoms with E-state index in [9.17, 15) is 14.7 Å². The fourth-order valence-corrected chi connectivity index (χ4v) is 5.24. The first-order valence-electron chi connectivity index (χ1n) is 12.4. The van der Waals surface area contributed by atoms with Crippen molar-refractivity contribution in [3.63, 3.8) is 0 Å². The molecule has 1 fully saturated rings. The number of urea groups is 1. The van der Waals surface area contributed by atoms with Gasteiger partial charge in [-0.2, -0.15) is 0 Å². The number of carboxylic acid groups (broad SMARTS) is 1. The zero-order chi connectivity index (χ0) is 26.3. The Hall–Kier alpha value is -2.83. The Morgan fingerprint density at radius 2 is 1.86 bits per heavy atom. The molecule has 2 aromatic rings. The normalized spacial score (nSPS) is 24.1. The van der Waals surface area contributed by atoms with Crippen molar-refractivity contribution in [1.82, 2.24) is 5.32 Å². The van der Waals surface area contributed by atoms with Crippen molar-refractivity contribution < 1.29 is 19.4 Å². The molecule has 0 unspecified atom stereocenters. The third kappa shape index (κ3) is 5.30. The number of hydrogen-bond acceptors (Lipinski definition) is 3. The SMILES string of the molecule is COC1CC(C2=CN(c3ccc(C(=O)O)cc3)C(=O)N[C@@]2(C)c2ccc(CCC(C)(C)C)c(Cl)c2)C1. The second kappa shape index (κ2) is 9.91. The standard InChI is InChI=1S/C29H35ClN2O4/c1-28(2,3)13-12-18-6-9-21(16-25(18)30)29(4)24(20-14-23(15-20)36-5)17-32(27(35)31-29)22-10-7-19(8-11-22)26(33)34/h6-11,16-17,20,23H,12-15H2,1-5H3,(H,31,35)(H,33,34)/t20?,23?,29-/m0/s1. The van der Waals surface area contributed by atoms with Gasteiger partial charge in [0, 0.05) is 18.3 Å². The molecule has 4 rings (SSSR count). The smallest absolute Gasteiger partial charge is 0.335 e. The number of carbonyl (C=O) groups is 2. The average Bonchev–Trinajstić information content (AvgIpc) is 2.78. The minimum absolute atomic E-state index is 0.174. The first-order chi connectivity index (χ1) is 16.9.